The summed E-state index contributed by atoms with van der Waals surface area (Å²) in [4.78, 5) is 18.5. The molecule has 0 aliphatic carbocycles. The van der Waals surface area contributed by atoms with Crippen LogP contribution in [0.1, 0.15) is 12.8 Å². The average Bonchev–Trinajstić information content (AvgIpc) is 4.11. The number of oxazole rings is 1. The van der Waals surface area contributed by atoms with Crippen molar-refractivity contribution < 1.29 is 8.83 Å². The van der Waals surface area contributed by atoms with E-state index in [1.807, 2.05) is 54.1 Å². The van der Waals surface area contributed by atoms with Crippen molar-refractivity contribution in [2.24, 2.45) is 15.2 Å². The van der Waals surface area contributed by atoms with Crippen LogP contribution in [0.25, 0.3) is 10.8 Å². The molecule has 52 heavy (non-hydrogen) atoms. The van der Waals surface area contributed by atoms with Crippen LogP contribution >= 0.6 is 22.7 Å². The second-order valence-electron chi connectivity index (χ2n) is 8.69. The van der Waals surface area contributed by atoms with Crippen LogP contribution in [-0.2, 0) is 0 Å². The minimum atomic E-state index is 0.917. The summed E-state index contributed by atoms with van der Waals surface area (Å²) >= 11 is 3.09. The summed E-state index contributed by atoms with van der Waals surface area (Å²) in [5.41, 5.74) is 5.15. The monoisotopic (exact) mass is 731 g/mol. The molecular formula is C37H37N11O2S2. The molecule has 0 saturated carbocycles. The largest absolute Gasteiger partial charge is 0.452 e. The Morgan fingerprint density at radius 2 is 1.04 bits per heavy atom. The van der Waals surface area contributed by atoms with E-state index in [0.29, 0.717) is 0 Å². The van der Waals surface area contributed by atoms with Gasteiger partial charge in [-0.05, 0) is 10.8 Å². The molecule has 3 aromatic carbocycles. The first-order valence-corrected chi connectivity index (χ1v) is 17.2. The van der Waals surface area contributed by atoms with E-state index in [4.69, 9.17) is 0 Å². The van der Waals surface area contributed by atoms with Crippen molar-refractivity contribution in [2.45, 2.75) is 12.8 Å². The van der Waals surface area contributed by atoms with Crippen molar-refractivity contribution in [1.82, 2.24) is 40.3 Å². The molecule has 0 unspecified atom stereocenters. The summed E-state index contributed by atoms with van der Waals surface area (Å²) < 4.78 is 8.83. The van der Waals surface area contributed by atoms with E-state index >= 15 is 0 Å². The number of aliphatic imine (C=N–C) groups is 1. The van der Waals surface area contributed by atoms with Crippen molar-refractivity contribution >= 4 is 52.1 Å². The molecule has 0 spiro atoms. The molecular weight excluding hydrogens is 695 g/mol. The molecule has 2 aliphatic heterocycles. The molecule has 0 atom stereocenters. The fourth-order valence-corrected chi connectivity index (χ4v) is 3.56. The summed E-state index contributed by atoms with van der Waals surface area (Å²) in [5.74, 6) is 0. The van der Waals surface area contributed by atoms with Gasteiger partial charge in [0.05, 0.1) is 11.7 Å². The summed E-state index contributed by atoms with van der Waals surface area (Å²) in [6.45, 7) is 0. The Kier molecular flexibility index (Phi) is 27.2. The quantitative estimate of drug-likeness (QED) is 0.147. The summed E-state index contributed by atoms with van der Waals surface area (Å²) in [6, 6.07) is 28.7. The number of nitrogens with zero attached hydrogens (tertiary/aromatic N) is 11. The number of allylic oxidation sites excluding steroid dienone is 1. The van der Waals surface area contributed by atoms with E-state index < -0.39 is 0 Å². The Labute approximate surface area is 310 Å². The molecule has 13 nitrogen and oxygen atoms in total. The standard InChI is InChI=1S/C10H8.C6H6.C4H4N2.C4H5N.C3H4N2.C3H3NO.C3H3NS.C2H2N2O.C2H2N2S/c1-2-6-10-8-4-3-7-9(10)5-1;1-2-4-6-5-3-1;1-2-6-4-3-5-1;2*1-2-4-5-3-1;2*1-2-5-3-4-1;2*1-3-4-2-5-1/h1-8H;1-6H;1-4H;1,3-4H,2H2;2-3H,1H2;2*1-3H;2*1-2H. The highest BCUT2D eigenvalue weighted by atomic mass is 32.1. The van der Waals surface area contributed by atoms with Crippen molar-refractivity contribution in [2.75, 3.05) is 0 Å². The van der Waals surface area contributed by atoms with E-state index in [2.05, 4.69) is 113 Å². The maximum absolute atomic E-state index is 4.47. The van der Waals surface area contributed by atoms with Gasteiger partial charge < -0.3 is 8.83 Å². The SMILES string of the molecule is C1=CN=CC1.C1=NN=CC1.c1ccc2ccccc2c1.c1ccccc1.c1cnccn1.c1cocn1.c1cscn1.c1nnco1.c1nncs1. The second kappa shape index (κ2) is 34.2. The van der Waals surface area contributed by atoms with Gasteiger partial charge >= 0.3 is 0 Å². The molecule has 7 heterocycles. The summed E-state index contributed by atoms with van der Waals surface area (Å²) in [6.07, 6.45) is 26.5. The van der Waals surface area contributed by atoms with Crippen LogP contribution in [-0.4, -0.2) is 59.0 Å². The van der Waals surface area contributed by atoms with Gasteiger partial charge in [0.2, 0.25) is 12.8 Å². The zero-order valence-electron chi connectivity index (χ0n) is 28.0. The minimum Gasteiger partial charge on any atom is -0.452 e. The lowest BCUT2D eigenvalue weighted by molar-refractivity contribution is 0.553. The number of thiazole rings is 1. The fourth-order valence-electron chi connectivity index (χ4n) is 2.93. The first kappa shape index (κ1) is 41.5. The van der Waals surface area contributed by atoms with Gasteiger partial charge in [0, 0.05) is 74.0 Å². The Hall–Kier alpha value is -6.71. The van der Waals surface area contributed by atoms with Crippen LogP contribution in [0.15, 0.2) is 206 Å². The molecule has 264 valence electrons. The molecule has 5 aromatic heterocycles. The van der Waals surface area contributed by atoms with Crippen molar-refractivity contribution in [3.63, 3.8) is 0 Å². The van der Waals surface area contributed by atoms with Crippen LogP contribution in [0, 0.1) is 0 Å². The fraction of sp³-hybridized carbons (Fsp3) is 0.0541. The van der Waals surface area contributed by atoms with Gasteiger partial charge in [-0.25, -0.2) is 4.98 Å². The smallest absolute Gasteiger partial charge is 0.203 e. The first-order chi connectivity index (χ1) is 26.0. The lowest BCUT2D eigenvalue weighted by atomic mass is 10.1. The molecule has 0 fully saturated rings. The zero-order chi connectivity index (χ0) is 36.5. The van der Waals surface area contributed by atoms with Crippen LogP contribution in [0.4, 0.5) is 0 Å². The predicted octanol–water partition coefficient (Wildman–Crippen LogP) is 8.85. The molecule has 10 rings (SSSR count). The predicted molar refractivity (Wildman–Crippen MR) is 209 cm³/mol. The van der Waals surface area contributed by atoms with Crippen LogP contribution in [0.2, 0.25) is 0 Å². The molecule has 15 heteroatoms. The van der Waals surface area contributed by atoms with E-state index in [1.165, 1.54) is 47.6 Å². The Morgan fingerprint density at radius 3 is 1.25 bits per heavy atom. The Bertz CT molecular complexity index is 1520. The maximum Gasteiger partial charge on any atom is 0.203 e. The summed E-state index contributed by atoms with van der Waals surface area (Å²) in [7, 11) is 0. The highest BCUT2D eigenvalue weighted by Crippen LogP contribution is 2.11. The second-order valence-corrected chi connectivity index (χ2v) is 10.1. The molecule has 0 N–H and O–H groups in total. The van der Waals surface area contributed by atoms with Crippen LogP contribution in [0.5, 0.6) is 0 Å². The molecule has 2 aliphatic rings. The van der Waals surface area contributed by atoms with Gasteiger partial charge in [-0.2, -0.15) is 10.2 Å². The molecule has 0 saturated heterocycles. The van der Waals surface area contributed by atoms with Gasteiger partial charge in [-0.15, -0.1) is 43.1 Å². The van der Waals surface area contributed by atoms with Crippen LogP contribution < -0.4 is 0 Å². The van der Waals surface area contributed by atoms with Gasteiger partial charge in [0.15, 0.2) is 6.39 Å². The van der Waals surface area contributed by atoms with E-state index in [-0.39, 0.29) is 0 Å². The Balaban J connectivity index is 0.000000205. The van der Waals surface area contributed by atoms with Crippen molar-refractivity contribution in [1.29, 1.82) is 0 Å². The number of rotatable bonds is 0. The minimum absolute atomic E-state index is 0.917. The topological polar surface area (TPSA) is 166 Å². The third-order valence-electron chi connectivity index (χ3n) is 5.04. The molecule has 8 aromatic rings. The van der Waals surface area contributed by atoms with Gasteiger partial charge in [0.25, 0.3) is 0 Å². The first-order valence-electron chi connectivity index (χ1n) is 15.3. The van der Waals surface area contributed by atoms with E-state index in [0.717, 1.165) is 12.8 Å². The number of hydrogen-bond acceptors (Lipinski definition) is 15. The molecule has 0 radical (unpaired) electrons. The summed E-state index contributed by atoms with van der Waals surface area (Å²) in [5, 5.41) is 25.2. The Morgan fingerprint density at radius 1 is 0.462 bits per heavy atom. The number of fused-ring (bicyclic) bond motifs is 1. The van der Waals surface area contributed by atoms with Crippen LogP contribution in [0.3, 0.4) is 0 Å². The normalized spacial score (nSPS) is 10.2. The van der Waals surface area contributed by atoms with Crippen molar-refractivity contribution in [3.05, 3.63) is 182 Å². The maximum atomic E-state index is 4.47. The number of hydrogen-bond donors (Lipinski definition) is 0. The van der Waals surface area contributed by atoms with E-state index in [1.54, 1.807) is 83.7 Å². The molecule has 0 bridgehead atoms. The van der Waals surface area contributed by atoms with E-state index in [9.17, 15) is 0 Å². The highest BCUT2D eigenvalue weighted by Gasteiger charge is 1.85. The lowest BCUT2D eigenvalue weighted by Crippen LogP contribution is -1.67. The third kappa shape index (κ3) is 27.3. The average molecular weight is 732 g/mol. The van der Waals surface area contributed by atoms with Crippen molar-refractivity contribution in [3.8, 4) is 0 Å². The number of aromatic nitrogens is 8. The van der Waals surface area contributed by atoms with Gasteiger partial charge in [-0.1, -0.05) is 91.0 Å². The number of benzene rings is 3. The van der Waals surface area contributed by atoms with Gasteiger partial charge in [-0.3, -0.25) is 19.9 Å². The zero-order valence-corrected chi connectivity index (χ0v) is 29.7. The molecule has 0 amide bonds. The van der Waals surface area contributed by atoms with Gasteiger partial charge in [0.1, 0.15) is 17.3 Å². The third-order valence-corrected chi connectivity index (χ3v) is 6.00. The highest BCUT2D eigenvalue weighted by molar-refractivity contribution is 7.07. The lowest BCUT2D eigenvalue weighted by Gasteiger charge is -1.92.